The van der Waals surface area contributed by atoms with E-state index in [1.807, 2.05) is 0 Å². The van der Waals surface area contributed by atoms with Crippen LogP contribution in [0.4, 0.5) is 8.78 Å². The van der Waals surface area contributed by atoms with Gasteiger partial charge in [-0.05, 0) is 18.1 Å². The maximum atomic E-state index is 12.3. The fourth-order valence-corrected chi connectivity index (χ4v) is 2.46. The van der Waals surface area contributed by atoms with Crippen LogP contribution in [0.15, 0.2) is 64.9 Å². The van der Waals surface area contributed by atoms with Gasteiger partial charge in [0, 0.05) is 17.2 Å². The minimum Gasteiger partial charge on any atom is -0.464 e. The first-order valence-electron chi connectivity index (χ1n) is 8.53. The van der Waals surface area contributed by atoms with E-state index < -0.39 is 12.0 Å². The molecule has 0 saturated heterocycles. The molecule has 0 radical (unpaired) electrons. The number of halogens is 2. The Kier molecular flexibility index (Phi) is 8.02. The van der Waals surface area contributed by atoms with E-state index in [9.17, 15) is 13.6 Å². The second-order valence-electron chi connectivity index (χ2n) is 5.78. The van der Waals surface area contributed by atoms with Crippen molar-refractivity contribution in [1.29, 1.82) is 0 Å². The number of nitrogens with zero attached hydrogens (tertiary/aromatic N) is 2. The Morgan fingerprint density at radius 3 is 2.34 bits per heavy atom. The minimum atomic E-state index is -1.76. The number of oxime groups is 2. The first-order valence-corrected chi connectivity index (χ1v) is 8.53. The molecule has 0 aliphatic carbocycles. The molecule has 0 heterocycles. The molecule has 0 N–H and O–H groups in total. The fourth-order valence-electron chi connectivity index (χ4n) is 2.46. The summed E-state index contributed by atoms with van der Waals surface area (Å²) in [5, 5.41) is 7.80. The van der Waals surface area contributed by atoms with E-state index in [1.54, 1.807) is 55.5 Å². The van der Waals surface area contributed by atoms with E-state index >= 15 is 0 Å². The van der Waals surface area contributed by atoms with Crippen molar-refractivity contribution in [3.8, 4) is 0 Å². The number of methoxy groups -OCH3 is 1. The summed E-state index contributed by atoms with van der Waals surface area (Å²) in [5.74, 6) is -0.641. The van der Waals surface area contributed by atoms with Crippen molar-refractivity contribution in [2.75, 3.05) is 14.2 Å². The van der Waals surface area contributed by atoms with E-state index in [0.717, 1.165) is 11.6 Å². The maximum Gasteiger partial charge on any atom is 0.360 e. The molecule has 0 atom stereocenters. The van der Waals surface area contributed by atoms with Crippen molar-refractivity contribution < 1.29 is 28.0 Å². The van der Waals surface area contributed by atoms with Crippen LogP contribution in [-0.2, 0) is 25.8 Å². The van der Waals surface area contributed by atoms with Crippen LogP contribution in [0.3, 0.4) is 0 Å². The molecule has 8 heteroatoms. The lowest BCUT2D eigenvalue weighted by Crippen LogP contribution is -2.19. The van der Waals surface area contributed by atoms with Gasteiger partial charge in [0.05, 0.1) is 12.8 Å². The Morgan fingerprint density at radius 2 is 1.72 bits per heavy atom. The Hall–Kier alpha value is -3.55. The second-order valence-corrected chi connectivity index (χ2v) is 5.78. The number of carbonyl (C=O) groups excluding carboxylic acids is 1. The average Bonchev–Trinajstić information content (AvgIpc) is 2.72. The molecule has 152 valence electrons. The third kappa shape index (κ3) is 6.24. The number of ether oxygens (including phenoxy) is 1. The van der Waals surface area contributed by atoms with Gasteiger partial charge in [0.2, 0.25) is 0 Å². The molecule has 0 spiro atoms. The van der Waals surface area contributed by atoms with E-state index in [2.05, 4.69) is 10.3 Å². The predicted molar refractivity (Wildman–Crippen MR) is 106 cm³/mol. The number of rotatable bonds is 8. The van der Waals surface area contributed by atoms with Crippen LogP contribution in [0, 0.1) is 0 Å². The summed E-state index contributed by atoms with van der Waals surface area (Å²) < 4.78 is 29.3. The molecule has 0 unspecified atom stereocenters. The van der Waals surface area contributed by atoms with Crippen LogP contribution in [0.5, 0.6) is 0 Å². The summed E-state index contributed by atoms with van der Waals surface area (Å²) in [4.78, 5) is 22.1. The largest absolute Gasteiger partial charge is 0.464 e. The summed E-state index contributed by atoms with van der Waals surface area (Å²) >= 11 is 0. The Bertz CT molecular complexity index is 934. The molecule has 2 aromatic rings. The summed E-state index contributed by atoms with van der Waals surface area (Å²) in [7, 11) is 2.59. The first-order chi connectivity index (χ1) is 14.0. The van der Waals surface area contributed by atoms with Gasteiger partial charge < -0.3 is 14.4 Å². The van der Waals surface area contributed by atoms with Crippen LogP contribution < -0.4 is 0 Å². The summed E-state index contributed by atoms with van der Waals surface area (Å²) in [6.45, 7) is 1.81. The lowest BCUT2D eigenvalue weighted by Gasteiger charge is -2.10. The summed E-state index contributed by atoms with van der Waals surface area (Å²) in [6, 6.07) is 13.5. The van der Waals surface area contributed by atoms with Crippen LogP contribution >= 0.6 is 0 Å². The first kappa shape index (κ1) is 21.7. The molecular formula is C21H20F2N2O4. The van der Waals surface area contributed by atoms with E-state index in [4.69, 9.17) is 14.4 Å². The Labute approximate surface area is 167 Å². The second kappa shape index (κ2) is 10.7. The van der Waals surface area contributed by atoms with Crippen molar-refractivity contribution >= 4 is 23.5 Å². The lowest BCUT2D eigenvalue weighted by molar-refractivity contribution is -0.132. The van der Waals surface area contributed by atoms with E-state index in [-0.39, 0.29) is 12.3 Å². The highest BCUT2D eigenvalue weighted by Crippen LogP contribution is 2.15. The molecule has 0 fully saturated rings. The highest BCUT2D eigenvalue weighted by molar-refractivity contribution is 6.43. The molecule has 0 aromatic heterocycles. The van der Waals surface area contributed by atoms with Crippen LogP contribution in [-0.4, -0.2) is 31.6 Å². The SMILES string of the molecule is CON=C(C(=O)OC)c1ccccc1CON=C(C)c1ccc(C=C(F)F)cc1. The molecule has 2 rings (SSSR count). The van der Waals surface area contributed by atoms with Gasteiger partial charge >= 0.3 is 5.97 Å². The van der Waals surface area contributed by atoms with Gasteiger partial charge in [-0.2, -0.15) is 8.78 Å². The van der Waals surface area contributed by atoms with Crippen molar-refractivity contribution in [3.63, 3.8) is 0 Å². The number of esters is 1. The molecule has 29 heavy (non-hydrogen) atoms. The number of carbonyl (C=O) groups is 1. The zero-order chi connectivity index (χ0) is 21.2. The third-order valence-corrected chi connectivity index (χ3v) is 3.86. The number of benzene rings is 2. The van der Waals surface area contributed by atoms with Crippen molar-refractivity contribution in [1.82, 2.24) is 0 Å². The molecule has 2 aromatic carbocycles. The van der Waals surface area contributed by atoms with Gasteiger partial charge in [0.1, 0.15) is 13.7 Å². The summed E-state index contributed by atoms with van der Waals surface area (Å²) in [6.07, 6.45) is -0.974. The zero-order valence-electron chi connectivity index (χ0n) is 16.2. The van der Waals surface area contributed by atoms with Gasteiger partial charge in [-0.1, -0.05) is 58.8 Å². The van der Waals surface area contributed by atoms with Gasteiger partial charge in [0.25, 0.3) is 6.08 Å². The minimum absolute atomic E-state index is 0.0126. The monoisotopic (exact) mass is 402 g/mol. The molecule has 6 nitrogen and oxygen atoms in total. The fraction of sp³-hybridized carbons (Fsp3) is 0.190. The third-order valence-electron chi connectivity index (χ3n) is 3.86. The predicted octanol–water partition coefficient (Wildman–Crippen LogP) is 4.39. The molecule has 0 aliphatic rings. The molecule has 0 bridgehead atoms. The van der Waals surface area contributed by atoms with E-state index in [1.165, 1.54) is 14.2 Å². The van der Waals surface area contributed by atoms with Crippen molar-refractivity contribution in [2.45, 2.75) is 13.5 Å². The number of hydrogen-bond acceptors (Lipinski definition) is 6. The topological polar surface area (TPSA) is 69.5 Å². The Balaban J connectivity index is 2.15. The molecule has 0 aliphatic heterocycles. The Morgan fingerprint density at radius 1 is 1.03 bits per heavy atom. The summed E-state index contributed by atoms with van der Waals surface area (Å²) in [5.41, 5.74) is 2.86. The quantitative estimate of drug-likeness (QED) is 0.373. The van der Waals surface area contributed by atoms with Gasteiger partial charge in [-0.15, -0.1) is 0 Å². The highest BCUT2D eigenvalue weighted by atomic mass is 19.3. The molecule has 0 saturated carbocycles. The highest BCUT2D eigenvalue weighted by Gasteiger charge is 2.19. The normalized spacial score (nSPS) is 11.6. The maximum absolute atomic E-state index is 12.3. The van der Waals surface area contributed by atoms with Crippen molar-refractivity contribution in [3.05, 3.63) is 76.9 Å². The van der Waals surface area contributed by atoms with E-state index in [0.29, 0.717) is 22.4 Å². The van der Waals surface area contributed by atoms with Crippen LogP contribution in [0.25, 0.3) is 6.08 Å². The van der Waals surface area contributed by atoms with Crippen LogP contribution in [0.1, 0.15) is 29.2 Å². The smallest absolute Gasteiger partial charge is 0.360 e. The van der Waals surface area contributed by atoms with Gasteiger partial charge in [-0.25, -0.2) is 4.79 Å². The zero-order valence-corrected chi connectivity index (χ0v) is 16.2. The molecular weight excluding hydrogens is 382 g/mol. The van der Waals surface area contributed by atoms with Crippen molar-refractivity contribution in [2.24, 2.45) is 10.3 Å². The number of hydrogen-bond donors (Lipinski definition) is 0. The molecule has 0 amide bonds. The lowest BCUT2D eigenvalue weighted by atomic mass is 10.0. The van der Waals surface area contributed by atoms with Gasteiger partial charge in [0.15, 0.2) is 5.71 Å². The van der Waals surface area contributed by atoms with Crippen LogP contribution in [0.2, 0.25) is 0 Å². The standard InChI is InChI=1S/C21H20F2N2O4/c1-14(16-10-8-15(9-11-16)12-19(22)23)24-29-13-17-6-4-5-7-18(17)20(25-28-3)21(26)27-2/h4-12H,13H2,1-3H3. The average molecular weight is 402 g/mol. The van der Waals surface area contributed by atoms with Gasteiger partial charge in [-0.3, -0.25) is 0 Å².